The standard InChI is InChI=1S/C14H16N4O3/c1-3-10-21-14(20)13-11(2)18(16-15-13)9-8-17-7-5-4-6-12(17)19/h3-7H,1,8-10H2,2H3. The van der Waals surface area contributed by atoms with Gasteiger partial charge in [0.05, 0.1) is 12.2 Å². The predicted octanol–water partition coefficient (Wildman–Crippen LogP) is 0.791. The highest BCUT2D eigenvalue weighted by molar-refractivity contribution is 5.88. The number of ether oxygens (including phenoxy) is 1. The Bertz CT molecular complexity index is 702. The van der Waals surface area contributed by atoms with Gasteiger partial charge in [-0.15, -0.1) is 5.10 Å². The van der Waals surface area contributed by atoms with Crippen LogP contribution in [0.4, 0.5) is 0 Å². The molecule has 0 aliphatic carbocycles. The summed E-state index contributed by atoms with van der Waals surface area (Å²) in [5, 5.41) is 7.73. The summed E-state index contributed by atoms with van der Waals surface area (Å²) in [7, 11) is 0. The maximum Gasteiger partial charge on any atom is 0.361 e. The third kappa shape index (κ3) is 3.44. The summed E-state index contributed by atoms with van der Waals surface area (Å²) >= 11 is 0. The second kappa shape index (κ2) is 6.65. The molecule has 0 unspecified atom stereocenters. The number of esters is 1. The van der Waals surface area contributed by atoms with Gasteiger partial charge in [0.25, 0.3) is 5.56 Å². The van der Waals surface area contributed by atoms with Crippen LogP contribution < -0.4 is 5.56 Å². The zero-order valence-corrected chi connectivity index (χ0v) is 11.7. The van der Waals surface area contributed by atoms with Crippen LogP contribution in [0.3, 0.4) is 0 Å². The first-order valence-electron chi connectivity index (χ1n) is 6.47. The Morgan fingerprint density at radius 3 is 2.95 bits per heavy atom. The number of nitrogens with zero attached hydrogens (tertiary/aromatic N) is 4. The molecule has 0 saturated carbocycles. The summed E-state index contributed by atoms with van der Waals surface area (Å²) in [4.78, 5) is 23.3. The Balaban J connectivity index is 2.07. The van der Waals surface area contributed by atoms with E-state index in [1.165, 1.54) is 12.1 Å². The molecule has 0 radical (unpaired) electrons. The molecule has 0 aromatic carbocycles. The molecule has 21 heavy (non-hydrogen) atoms. The monoisotopic (exact) mass is 288 g/mol. The molecule has 2 aromatic heterocycles. The van der Waals surface area contributed by atoms with Crippen molar-refractivity contribution in [2.75, 3.05) is 6.61 Å². The quantitative estimate of drug-likeness (QED) is 0.580. The fraction of sp³-hybridized carbons (Fsp3) is 0.286. The normalized spacial score (nSPS) is 10.3. The van der Waals surface area contributed by atoms with Crippen LogP contribution in [0.1, 0.15) is 16.2 Å². The van der Waals surface area contributed by atoms with Crippen molar-refractivity contribution in [2.45, 2.75) is 20.0 Å². The lowest BCUT2D eigenvalue weighted by molar-refractivity contribution is 0.0542. The fourth-order valence-electron chi connectivity index (χ4n) is 1.81. The number of aromatic nitrogens is 4. The second-order valence-electron chi connectivity index (χ2n) is 4.37. The molecule has 2 rings (SSSR count). The van der Waals surface area contributed by atoms with Gasteiger partial charge in [-0.1, -0.05) is 23.9 Å². The lowest BCUT2D eigenvalue weighted by Gasteiger charge is -2.06. The highest BCUT2D eigenvalue weighted by atomic mass is 16.5. The molecule has 0 saturated heterocycles. The SMILES string of the molecule is C=CCOC(=O)c1nnn(CCn2ccccc2=O)c1C. The lowest BCUT2D eigenvalue weighted by atomic mass is 10.3. The van der Waals surface area contributed by atoms with Crippen LogP contribution in [0.15, 0.2) is 41.8 Å². The molecule has 110 valence electrons. The molecule has 0 N–H and O–H groups in total. The van der Waals surface area contributed by atoms with Gasteiger partial charge in [-0.05, 0) is 13.0 Å². The van der Waals surface area contributed by atoms with E-state index in [0.29, 0.717) is 18.8 Å². The van der Waals surface area contributed by atoms with Gasteiger partial charge in [0, 0.05) is 18.8 Å². The van der Waals surface area contributed by atoms with Gasteiger partial charge in [0.1, 0.15) is 6.61 Å². The largest absolute Gasteiger partial charge is 0.457 e. The van der Waals surface area contributed by atoms with Crippen molar-refractivity contribution in [2.24, 2.45) is 0 Å². The molecular formula is C14H16N4O3. The first kappa shape index (κ1) is 14.7. The van der Waals surface area contributed by atoms with E-state index in [9.17, 15) is 9.59 Å². The minimum absolute atomic E-state index is 0.0825. The first-order valence-corrected chi connectivity index (χ1v) is 6.47. The van der Waals surface area contributed by atoms with E-state index < -0.39 is 5.97 Å². The lowest BCUT2D eigenvalue weighted by Crippen LogP contribution is -2.21. The van der Waals surface area contributed by atoms with Crippen LogP contribution in [0, 0.1) is 6.92 Å². The van der Waals surface area contributed by atoms with Gasteiger partial charge >= 0.3 is 5.97 Å². The van der Waals surface area contributed by atoms with E-state index in [0.717, 1.165) is 0 Å². The average Bonchev–Trinajstić information content (AvgIpc) is 2.85. The van der Waals surface area contributed by atoms with Crippen molar-refractivity contribution in [3.63, 3.8) is 0 Å². The highest BCUT2D eigenvalue weighted by Crippen LogP contribution is 2.06. The van der Waals surface area contributed by atoms with Crippen molar-refractivity contribution >= 4 is 5.97 Å². The molecule has 2 heterocycles. The number of pyridine rings is 1. The molecule has 0 spiro atoms. The third-order valence-electron chi connectivity index (χ3n) is 2.96. The zero-order valence-electron chi connectivity index (χ0n) is 11.7. The maximum atomic E-state index is 11.7. The molecule has 0 atom stereocenters. The van der Waals surface area contributed by atoms with Crippen LogP contribution in [-0.2, 0) is 17.8 Å². The second-order valence-corrected chi connectivity index (χ2v) is 4.37. The summed E-state index contributed by atoms with van der Waals surface area (Å²) in [6, 6.07) is 4.97. The van der Waals surface area contributed by atoms with E-state index >= 15 is 0 Å². The molecule has 0 aliphatic rings. The predicted molar refractivity (Wildman–Crippen MR) is 75.9 cm³/mol. The van der Waals surface area contributed by atoms with E-state index in [1.807, 2.05) is 0 Å². The topological polar surface area (TPSA) is 79.0 Å². The first-order chi connectivity index (χ1) is 10.1. The molecular weight excluding hydrogens is 272 g/mol. The minimum Gasteiger partial charge on any atom is -0.457 e. The Hall–Kier alpha value is -2.70. The zero-order chi connectivity index (χ0) is 15.2. The smallest absolute Gasteiger partial charge is 0.361 e. The molecule has 0 fully saturated rings. The Labute approximate surface area is 121 Å². The van der Waals surface area contributed by atoms with Crippen molar-refractivity contribution in [1.82, 2.24) is 19.6 Å². The van der Waals surface area contributed by atoms with Crippen LogP contribution in [-0.4, -0.2) is 32.1 Å². The number of carbonyl (C=O) groups is 1. The Morgan fingerprint density at radius 2 is 2.24 bits per heavy atom. The van der Waals surface area contributed by atoms with Gasteiger partial charge in [0.15, 0.2) is 5.69 Å². The Kier molecular flexibility index (Phi) is 4.65. The highest BCUT2D eigenvalue weighted by Gasteiger charge is 2.17. The van der Waals surface area contributed by atoms with Crippen LogP contribution >= 0.6 is 0 Å². The molecule has 0 amide bonds. The number of carbonyl (C=O) groups excluding carboxylic acids is 1. The summed E-state index contributed by atoms with van der Waals surface area (Å²) < 4.78 is 8.06. The summed E-state index contributed by atoms with van der Waals surface area (Å²) in [6.45, 7) is 6.23. The van der Waals surface area contributed by atoms with Gasteiger partial charge < -0.3 is 9.30 Å². The summed E-state index contributed by atoms with van der Waals surface area (Å²) in [5.74, 6) is -0.532. The number of aryl methyl sites for hydroxylation is 2. The van der Waals surface area contributed by atoms with Gasteiger partial charge in [-0.2, -0.15) is 0 Å². The molecule has 7 nitrogen and oxygen atoms in total. The van der Waals surface area contributed by atoms with Crippen molar-refractivity contribution < 1.29 is 9.53 Å². The van der Waals surface area contributed by atoms with Crippen molar-refractivity contribution in [3.05, 3.63) is 58.8 Å². The summed E-state index contributed by atoms with van der Waals surface area (Å²) in [5.41, 5.74) is 0.700. The van der Waals surface area contributed by atoms with E-state index in [-0.39, 0.29) is 17.9 Å². The van der Waals surface area contributed by atoms with Crippen molar-refractivity contribution in [1.29, 1.82) is 0 Å². The van der Waals surface area contributed by atoms with Crippen LogP contribution in [0.5, 0.6) is 0 Å². The van der Waals surface area contributed by atoms with Gasteiger partial charge in [0.2, 0.25) is 0 Å². The number of hydrogen-bond acceptors (Lipinski definition) is 5. The maximum absolute atomic E-state index is 11.7. The number of hydrogen-bond donors (Lipinski definition) is 0. The minimum atomic E-state index is -0.532. The van der Waals surface area contributed by atoms with Crippen LogP contribution in [0.25, 0.3) is 0 Å². The molecule has 0 aliphatic heterocycles. The van der Waals surface area contributed by atoms with E-state index in [2.05, 4.69) is 16.9 Å². The third-order valence-corrected chi connectivity index (χ3v) is 2.96. The summed E-state index contributed by atoms with van der Waals surface area (Å²) in [6.07, 6.45) is 3.19. The van der Waals surface area contributed by atoms with Gasteiger partial charge in [-0.25, -0.2) is 9.48 Å². The Morgan fingerprint density at radius 1 is 1.43 bits per heavy atom. The molecule has 7 heteroatoms. The van der Waals surface area contributed by atoms with E-state index in [1.54, 1.807) is 34.5 Å². The molecule has 2 aromatic rings. The number of rotatable bonds is 6. The van der Waals surface area contributed by atoms with Gasteiger partial charge in [-0.3, -0.25) is 4.79 Å². The van der Waals surface area contributed by atoms with Crippen LogP contribution in [0.2, 0.25) is 0 Å². The fourth-order valence-corrected chi connectivity index (χ4v) is 1.81. The van der Waals surface area contributed by atoms with Crippen molar-refractivity contribution in [3.8, 4) is 0 Å². The average molecular weight is 288 g/mol. The molecule has 0 bridgehead atoms. The van der Waals surface area contributed by atoms with E-state index in [4.69, 9.17) is 4.74 Å².